The summed E-state index contributed by atoms with van der Waals surface area (Å²) >= 11 is 0. The molecule has 0 aliphatic carbocycles. The van der Waals surface area contributed by atoms with Gasteiger partial charge >= 0.3 is 0 Å². The second-order valence-corrected chi connectivity index (χ2v) is 8.07. The van der Waals surface area contributed by atoms with Crippen LogP contribution in [0.5, 0.6) is 0 Å². The number of fused-ring (bicyclic) bond motifs is 1. The van der Waals surface area contributed by atoms with Gasteiger partial charge in [-0.2, -0.15) is 4.98 Å². The Balaban J connectivity index is 1.32. The molecule has 0 aliphatic rings. The third-order valence-corrected chi connectivity index (χ3v) is 5.75. The molecule has 2 aromatic carbocycles. The molecule has 0 saturated carbocycles. The van der Waals surface area contributed by atoms with Crippen molar-refractivity contribution >= 4 is 17.0 Å². The Labute approximate surface area is 201 Å². The maximum Gasteiger partial charge on any atom is 0.225 e. The highest BCUT2D eigenvalue weighted by molar-refractivity contribution is 5.79. The van der Waals surface area contributed by atoms with Crippen LogP contribution < -0.4 is 5.32 Å². The Morgan fingerprint density at radius 2 is 1.71 bits per heavy atom. The normalized spacial score (nSPS) is 12.0. The fraction of sp³-hybridized carbons (Fsp3) is 0.0769. The molecule has 1 unspecified atom stereocenters. The molecule has 0 radical (unpaired) electrons. The minimum atomic E-state index is 0.0678. The molecule has 0 spiro atoms. The molecule has 0 amide bonds. The number of hydrogen-bond acceptors (Lipinski definition) is 7. The van der Waals surface area contributed by atoms with Gasteiger partial charge in [0, 0.05) is 12.4 Å². The molecule has 35 heavy (non-hydrogen) atoms. The van der Waals surface area contributed by atoms with Gasteiger partial charge < -0.3 is 5.32 Å². The average molecular weight is 460 g/mol. The minimum absolute atomic E-state index is 0.0678. The molecule has 0 aliphatic heterocycles. The van der Waals surface area contributed by atoms with E-state index in [-0.39, 0.29) is 6.04 Å². The quantitative estimate of drug-likeness (QED) is 0.388. The number of benzene rings is 2. The topological polar surface area (TPSA) is 99.2 Å². The van der Waals surface area contributed by atoms with Gasteiger partial charge in [0.15, 0.2) is 0 Å². The Kier molecular flexibility index (Phi) is 5.19. The van der Waals surface area contributed by atoms with Crippen molar-refractivity contribution in [3.63, 3.8) is 0 Å². The monoisotopic (exact) mass is 459 g/mol. The highest BCUT2D eigenvalue weighted by Crippen LogP contribution is 2.23. The van der Waals surface area contributed by atoms with E-state index < -0.39 is 0 Å². The smallest absolute Gasteiger partial charge is 0.225 e. The third-order valence-electron chi connectivity index (χ3n) is 5.75. The first-order valence-electron chi connectivity index (χ1n) is 11.2. The maximum absolute atomic E-state index is 4.73. The molecule has 0 bridgehead atoms. The van der Waals surface area contributed by atoms with E-state index in [9.17, 15) is 0 Å². The number of nitrogens with one attached hydrogen (secondary N) is 1. The van der Waals surface area contributed by atoms with Gasteiger partial charge in [-0.3, -0.25) is 9.55 Å². The number of hydrogen-bond donors (Lipinski definition) is 1. The van der Waals surface area contributed by atoms with Gasteiger partial charge in [-0.25, -0.2) is 14.6 Å². The fourth-order valence-corrected chi connectivity index (χ4v) is 3.91. The van der Waals surface area contributed by atoms with E-state index in [1.165, 1.54) is 0 Å². The van der Waals surface area contributed by atoms with Crippen LogP contribution in [0, 0.1) is 0 Å². The predicted octanol–water partition coefficient (Wildman–Crippen LogP) is 4.63. The largest absolute Gasteiger partial charge is 0.348 e. The van der Waals surface area contributed by atoms with E-state index in [2.05, 4.69) is 49.6 Å². The zero-order valence-corrected chi connectivity index (χ0v) is 18.9. The summed E-state index contributed by atoms with van der Waals surface area (Å²) in [5.41, 5.74) is 5.26. The van der Waals surface area contributed by atoms with Crippen LogP contribution in [0.3, 0.4) is 0 Å². The van der Waals surface area contributed by atoms with Crippen molar-refractivity contribution in [1.29, 1.82) is 0 Å². The molecule has 6 rings (SSSR count). The van der Waals surface area contributed by atoms with Crippen LogP contribution in [0.4, 0.5) is 5.95 Å². The predicted molar refractivity (Wildman–Crippen MR) is 133 cm³/mol. The van der Waals surface area contributed by atoms with Crippen LogP contribution in [0.15, 0.2) is 97.7 Å². The van der Waals surface area contributed by atoms with Gasteiger partial charge in [0.1, 0.15) is 17.8 Å². The number of rotatable bonds is 6. The number of imidazole rings is 1. The molecule has 0 fully saturated rings. The Morgan fingerprint density at radius 3 is 2.57 bits per heavy atom. The van der Waals surface area contributed by atoms with Crippen LogP contribution in [0.1, 0.15) is 18.5 Å². The lowest BCUT2D eigenvalue weighted by atomic mass is 10.1. The molecular weight excluding hydrogens is 438 g/mol. The summed E-state index contributed by atoms with van der Waals surface area (Å²) < 4.78 is 3.67. The molecule has 0 saturated heterocycles. The summed E-state index contributed by atoms with van der Waals surface area (Å²) in [6, 6.07) is 23.8. The molecule has 9 nitrogen and oxygen atoms in total. The second kappa shape index (κ2) is 8.79. The summed E-state index contributed by atoms with van der Waals surface area (Å²) in [5, 5.41) is 11.9. The standard InChI is InChI=1S/C26H21N9/c1-18(19-7-3-2-4-8-19)30-26-28-14-12-25(31-26)34-17-29-22-11-10-20(15-24(22)34)35-16-23(32-33-35)21-9-5-6-13-27-21/h2-18H,1H3,(H,28,30,31). The lowest BCUT2D eigenvalue weighted by Crippen LogP contribution is -2.10. The van der Waals surface area contributed by atoms with Crippen LogP contribution in [-0.4, -0.2) is 39.5 Å². The number of pyridine rings is 1. The molecule has 9 heteroatoms. The molecule has 1 N–H and O–H groups in total. The third kappa shape index (κ3) is 4.10. The highest BCUT2D eigenvalue weighted by atomic mass is 15.4. The average Bonchev–Trinajstić information content (AvgIpc) is 3.57. The van der Waals surface area contributed by atoms with Crippen molar-refractivity contribution in [1.82, 2.24) is 39.5 Å². The van der Waals surface area contributed by atoms with Gasteiger partial charge in [0.05, 0.1) is 34.7 Å². The zero-order valence-electron chi connectivity index (χ0n) is 18.9. The lowest BCUT2D eigenvalue weighted by Gasteiger charge is -2.14. The maximum atomic E-state index is 4.73. The van der Waals surface area contributed by atoms with Crippen molar-refractivity contribution in [3.05, 3.63) is 103 Å². The molecule has 4 aromatic heterocycles. The zero-order chi connectivity index (χ0) is 23.6. The van der Waals surface area contributed by atoms with Crippen molar-refractivity contribution < 1.29 is 0 Å². The summed E-state index contributed by atoms with van der Waals surface area (Å²) in [6.45, 7) is 2.08. The van der Waals surface area contributed by atoms with E-state index in [1.54, 1.807) is 23.4 Å². The minimum Gasteiger partial charge on any atom is -0.348 e. The van der Waals surface area contributed by atoms with Crippen LogP contribution in [0.25, 0.3) is 33.9 Å². The first-order valence-corrected chi connectivity index (χ1v) is 11.2. The van der Waals surface area contributed by atoms with Crippen molar-refractivity contribution in [2.75, 3.05) is 5.32 Å². The summed E-state index contributed by atoms with van der Waals surface area (Å²) in [5.74, 6) is 1.27. The molecule has 4 heterocycles. The van der Waals surface area contributed by atoms with Gasteiger partial charge in [-0.1, -0.05) is 41.6 Å². The van der Waals surface area contributed by atoms with E-state index in [4.69, 9.17) is 4.98 Å². The van der Waals surface area contributed by atoms with E-state index in [0.717, 1.165) is 33.8 Å². The van der Waals surface area contributed by atoms with E-state index in [1.807, 2.05) is 71.4 Å². The van der Waals surface area contributed by atoms with Gasteiger partial charge in [0.25, 0.3) is 0 Å². The first-order chi connectivity index (χ1) is 17.2. The van der Waals surface area contributed by atoms with Crippen molar-refractivity contribution in [2.24, 2.45) is 0 Å². The Bertz CT molecular complexity index is 1590. The molecular formula is C26H21N9. The Morgan fingerprint density at radius 1 is 0.829 bits per heavy atom. The van der Waals surface area contributed by atoms with Crippen LogP contribution in [0.2, 0.25) is 0 Å². The number of anilines is 1. The first kappa shape index (κ1) is 20.7. The van der Waals surface area contributed by atoms with E-state index in [0.29, 0.717) is 11.6 Å². The molecule has 6 aromatic rings. The summed E-state index contributed by atoms with van der Waals surface area (Å²) in [6.07, 6.45) is 7.11. The SMILES string of the molecule is CC(Nc1nccc(-n2cnc3ccc(-n4cc(-c5ccccn5)nn4)cc32)n1)c1ccccc1. The highest BCUT2D eigenvalue weighted by Gasteiger charge is 2.12. The number of aromatic nitrogens is 8. The fourth-order valence-electron chi connectivity index (χ4n) is 3.91. The van der Waals surface area contributed by atoms with Crippen LogP contribution in [-0.2, 0) is 0 Å². The van der Waals surface area contributed by atoms with Crippen LogP contribution >= 0.6 is 0 Å². The Hall–Kier alpha value is -4.92. The lowest BCUT2D eigenvalue weighted by molar-refractivity contribution is 0.804. The second-order valence-electron chi connectivity index (χ2n) is 8.07. The summed E-state index contributed by atoms with van der Waals surface area (Å²) in [7, 11) is 0. The van der Waals surface area contributed by atoms with Crippen molar-refractivity contribution in [3.8, 4) is 22.9 Å². The van der Waals surface area contributed by atoms with E-state index >= 15 is 0 Å². The van der Waals surface area contributed by atoms with Gasteiger partial charge in [-0.15, -0.1) is 5.10 Å². The molecule has 1 atom stereocenters. The van der Waals surface area contributed by atoms with Gasteiger partial charge in [-0.05, 0) is 48.9 Å². The van der Waals surface area contributed by atoms with Gasteiger partial charge in [0.2, 0.25) is 5.95 Å². The summed E-state index contributed by atoms with van der Waals surface area (Å²) in [4.78, 5) is 18.0. The number of nitrogens with zero attached hydrogens (tertiary/aromatic N) is 8. The molecule has 170 valence electrons. The van der Waals surface area contributed by atoms with Crippen molar-refractivity contribution in [2.45, 2.75) is 13.0 Å².